The Labute approximate surface area is 133 Å². The van der Waals surface area contributed by atoms with Gasteiger partial charge in [-0.05, 0) is 29.8 Å². The molecule has 0 aliphatic carbocycles. The van der Waals surface area contributed by atoms with Gasteiger partial charge in [0.25, 0.3) is 0 Å². The van der Waals surface area contributed by atoms with Gasteiger partial charge in [0.2, 0.25) is 0 Å². The summed E-state index contributed by atoms with van der Waals surface area (Å²) in [6, 6.07) is 12.4. The molecule has 0 spiro atoms. The Morgan fingerprint density at radius 3 is 2.76 bits per heavy atom. The van der Waals surface area contributed by atoms with Gasteiger partial charge in [-0.1, -0.05) is 29.8 Å². The van der Waals surface area contributed by atoms with Crippen LogP contribution in [-0.2, 0) is 9.84 Å². The van der Waals surface area contributed by atoms with Crippen LogP contribution >= 0.6 is 23.4 Å². The number of nitrogens with two attached hydrogens (primary N) is 1. The van der Waals surface area contributed by atoms with Gasteiger partial charge in [0.1, 0.15) is 0 Å². The van der Waals surface area contributed by atoms with E-state index in [-0.39, 0.29) is 21.6 Å². The highest BCUT2D eigenvalue weighted by atomic mass is 35.5. The van der Waals surface area contributed by atoms with Gasteiger partial charge in [0.05, 0.1) is 21.4 Å². The Balaban J connectivity index is 1.89. The van der Waals surface area contributed by atoms with Gasteiger partial charge in [0.15, 0.2) is 9.84 Å². The fourth-order valence-corrected chi connectivity index (χ4v) is 5.67. The van der Waals surface area contributed by atoms with Crippen molar-refractivity contribution < 1.29 is 8.42 Å². The molecule has 21 heavy (non-hydrogen) atoms. The molecule has 6 heteroatoms. The molecular formula is C15H14ClNO2S2. The van der Waals surface area contributed by atoms with Crippen molar-refractivity contribution in [1.29, 1.82) is 0 Å². The molecule has 0 saturated heterocycles. The Hall–Kier alpha value is -1.17. The number of thioether (sulfide) groups is 1. The molecule has 1 unspecified atom stereocenters. The van der Waals surface area contributed by atoms with Crippen molar-refractivity contribution >= 4 is 38.9 Å². The minimum atomic E-state index is -3.38. The summed E-state index contributed by atoms with van der Waals surface area (Å²) in [5, 5.41) is 0.275. The Morgan fingerprint density at radius 2 is 2.00 bits per heavy atom. The number of nitrogen functional groups attached to an aromatic ring is 1. The van der Waals surface area contributed by atoms with Crippen LogP contribution in [0.3, 0.4) is 0 Å². The lowest BCUT2D eigenvalue weighted by molar-refractivity contribution is 0.591. The van der Waals surface area contributed by atoms with Crippen LogP contribution in [0.4, 0.5) is 5.69 Å². The Kier molecular flexibility index (Phi) is 3.90. The number of hydrogen-bond donors (Lipinski definition) is 1. The van der Waals surface area contributed by atoms with E-state index < -0.39 is 9.84 Å². The first-order valence-electron chi connectivity index (χ1n) is 6.47. The van der Waals surface area contributed by atoms with Gasteiger partial charge < -0.3 is 5.73 Å². The second-order valence-corrected chi connectivity index (χ2v) is 8.51. The number of sulfone groups is 1. The van der Waals surface area contributed by atoms with Gasteiger partial charge in [-0.2, -0.15) is 0 Å². The summed E-state index contributed by atoms with van der Waals surface area (Å²) in [6.45, 7) is 0. The standard InChI is InChI=1S/C15H14ClNO2S2/c16-13-7-11(5-6-14(13)17)21(18,19)9-10-8-20-15-4-2-1-3-12(10)15/h1-7,10H,8-9,17H2. The van der Waals surface area contributed by atoms with Crippen molar-refractivity contribution in [3.63, 3.8) is 0 Å². The maximum absolute atomic E-state index is 12.6. The number of rotatable bonds is 3. The van der Waals surface area contributed by atoms with Crippen LogP contribution in [0, 0.1) is 0 Å². The second-order valence-electron chi connectivity index (χ2n) is 5.01. The molecule has 1 aliphatic heterocycles. The van der Waals surface area contributed by atoms with Crippen LogP contribution < -0.4 is 5.73 Å². The minimum absolute atomic E-state index is 0.0209. The third-order valence-electron chi connectivity index (χ3n) is 3.55. The van der Waals surface area contributed by atoms with Crippen LogP contribution in [-0.4, -0.2) is 19.9 Å². The zero-order valence-corrected chi connectivity index (χ0v) is 13.5. The number of anilines is 1. The van der Waals surface area contributed by atoms with E-state index in [0.717, 1.165) is 11.3 Å². The van der Waals surface area contributed by atoms with Crippen molar-refractivity contribution in [3.05, 3.63) is 53.1 Å². The molecule has 0 aromatic heterocycles. The predicted octanol–water partition coefficient (Wildman–Crippen LogP) is 3.59. The minimum Gasteiger partial charge on any atom is -0.398 e. The van der Waals surface area contributed by atoms with E-state index in [1.54, 1.807) is 11.8 Å². The van der Waals surface area contributed by atoms with E-state index in [4.69, 9.17) is 17.3 Å². The van der Waals surface area contributed by atoms with Crippen LogP contribution in [0.25, 0.3) is 0 Å². The monoisotopic (exact) mass is 339 g/mol. The molecule has 110 valence electrons. The maximum Gasteiger partial charge on any atom is 0.179 e. The average Bonchev–Trinajstić information content (AvgIpc) is 2.85. The van der Waals surface area contributed by atoms with Crippen LogP contribution in [0.1, 0.15) is 11.5 Å². The van der Waals surface area contributed by atoms with Crippen molar-refractivity contribution in [2.75, 3.05) is 17.2 Å². The lowest BCUT2D eigenvalue weighted by Crippen LogP contribution is -2.15. The average molecular weight is 340 g/mol. The van der Waals surface area contributed by atoms with Gasteiger partial charge in [0, 0.05) is 16.6 Å². The van der Waals surface area contributed by atoms with E-state index in [0.29, 0.717) is 5.69 Å². The third kappa shape index (κ3) is 2.91. The highest BCUT2D eigenvalue weighted by Crippen LogP contribution is 2.40. The Bertz CT molecular complexity index is 790. The summed E-state index contributed by atoms with van der Waals surface area (Å²) < 4.78 is 25.1. The smallest absolute Gasteiger partial charge is 0.179 e. The van der Waals surface area contributed by atoms with Crippen LogP contribution in [0.5, 0.6) is 0 Å². The van der Waals surface area contributed by atoms with E-state index >= 15 is 0 Å². The Morgan fingerprint density at radius 1 is 1.24 bits per heavy atom. The normalized spacial score (nSPS) is 17.7. The highest BCUT2D eigenvalue weighted by molar-refractivity contribution is 7.99. The highest BCUT2D eigenvalue weighted by Gasteiger charge is 2.28. The number of halogens is 1. The first-order chi connectivity index (χ1) is 9.97. The number of hydrogen-bond acceptors (Lipinski definition) is 4. The topological polar surface area (TPSA) is 60.2 Å². The number of benzene rings is 2. The van der Waals surface area contributed by atoms with Crippen LogP contribution in [0.15, 0.2) is 52.3 Å². The molecule has 3 nitrogen and oxygen atoms in total. The zero-order valence-electron chi connectivity index (χ0n) is 11.1. The lowest BCUT2D eigenvalue weighted by atomic mass is 10.0. The summed E-state index contributed by atoms with van der Waals surface area (Å²) in [5.74, 6) is 0.908. The predicted molar refractivity (Wildman–Crippen MR) is 87.8 cm³/mol. The quantitative estimate of drug-likeness (QED) is 0.868. The second kappa shape index (κ2) is 5.55. The van der Waals surface area contributed by atoms with E-state index in [2.05, 4.69) is 0 Å². The maximum atomic E-state index is 12.6. The number of fused-ring (bicyclic) bond motifs is 1. The largest absolute Gasteiger partial charge is 0.398 e. The molecule has 0 saturated carbocycles. The molecule has 0 bridgehead atoms. The molecular weight excluding hydrogens is 326 g/mol. The SMILES string of the molecule is Nc1ccc(S(=O)(=O)CC2CSc3ccccc32)cc1Cl. The molecule has 0 amide bonds. The van der Waals surface area contributed by atoms with Crippen molar-refractivity contribution in [3.8, 4) is 0 Å². The lowest BCUT2D eigenvalue weighted by Gasteiger charge is -2.12. The van der Waals surface area contributed by atoms with Gasteiger partial charge in [-0.15, -0.1) is 11.8 Å². The van der Waals surface area contributed by atoms with Gasteiger partial charge in [-0.25, -0.2) is 8.42 Å². The molecule has 2 aromatic rings. The van der Waals surface area contributed by atoms with E-state index in [1.807, 2.05) is 24.3 Å². The fourth-order valence-electron chi connectivity index (χ4n) is 2.43. The molecule has 1 heterocycles. The van der Waals surface area contributed by atoms with Gasteiger partial charge >= 0.3 is 0 Å². The summed E-state index contributed by atoms with van der Waals surface area (Å²) in [4.78, 5) is 1.41. The summed E-state index contributed by atoms with van der Waals surface area (Å²) >= 11 is 7.63. The summed E-state index contributed by atoms with van der Waals surface area (Å²) in [5.41, 5.74) is 7.13. The van der Waals surface area contributed by atoms with E-state index in [9.17, 15) is 8.42 Å². The zero-order chi connectivity index (χ0) is 15.0. The molecule has 1 atom stereocenters. The van der Waals surface area contributed by atoms with Crippen molar-refractivity contribution in [1.82, 2.24) is 0 Å². The first kappa shape index (κ1) is 14.8. The molecule has 2 aromatic carbocycles. The van der Waals surface area contributed by atoms with Crippen LogP contribution in [0.2, 0.25) is 5.02 Å². The fraction of sp³-hybridized carbons (Fsp3) is 0.200. The summed E-state index contributed by atoms with van der Waals surface area (Å²) in [7, 11) is -3.38. The van der Waals surface area contributed by atoms with E-state index in [1.165, 1.54) is 23.1 Å². The third-order valence-corrected chi connectivity index (χ3v) is 6.94. The molecule has 0 radical (unpaired) electrons. The first-order valence-corrected chi connectivity index (χ1v) is 9.48. The molecule has 1 aliphatic rings. The molecule has 0 fully saturated rings. The molecule has 2 N–H and O–H groups in total. The van der Waals surface area contributed by atoms with Crippen molar-refractivity contribution in [2.45, 2.75) is 15.7 Å². The van der Waals surface area contributed by atoms with Crippen molar-refractivity contribution in [2.24, 2.45) is 0 Å². The molecule has 3 rings (SSSR count). The van der Waals surface area contributed by atoms with Gasteiger partial charge in [-0.3, -0.25) is 0 Å². The summed E-state index contributed by atoms with van der Waals surface area (Å²) in [6.07, 6.45) is 0.